The van der Waals surface area contributed by atoms with Crippen LogP contribution in [0.25, 0.3) is 33.7 Å². The molecule has 0 radical (unpaired) electrons. The van der Waals surface area contributed by atoms with E-state index >= 15 is 0 Å². The maximum Gasteiger partial charge on any atom is 0.179 e. The number of rotatable bonds is 4. The number of hydrogen-bond donors (Lipinski definition) is 2. The molecule has 0 amide bonds. The van der Waals surface area contributed by atoms with Crippen molar-refractivity contribution >= 4 is 20.8 Å². The van der Waals surface area contributed by atoms with E-state index in [1.54, 1.807) is 56.4 Å². The highest BCUT2D eigenvalue weighted by Crippen LogP contribution is 2.33. The van der Waals surface area contributed by atoms with Crippen molar-refractivity contribution < 1.29 is 13.7 Å². The number of aliphatic hydroxyl groups is 1. The van der Waals surface area contributed by atoms with Gasteiger partial charge >= 0.3 is 0 Å². The van der Waals surface area contributed by atoms with Crippen molar-refractivity contribution in [1.29, 1.82) is 4.78 Å². The predicted octanol–water partition coefficient (Wildman–Crippen LogP) is 4.21. The molecular weight excluding hydrogens is 388 g/mol. The lowest BCUT2D eigenvalue weighted by atomic mass is 10.0. The number of nitrogens with zero attached hydrogens (tertiary/aromatic N) is 3. The Morgan fingerprint density at radius 3 is 2.41 bits per heavy atom. The average molecular weight is 408 g/mol. The maximum absolute atomic E-state index is 11.9. The van der Waals surface area contributed by atoms with Gasteiger partial charge in [-0.05, 0) is 38.1 Å². The van der Waals surface area contributed by atoms with Gasteiger partial charge in [-0.25, -0.2) is 19.0 Å². The van der Waals surface area contributed by atoms with Crippen molar-refractivity contribution in [3.05, 3.63) is 60.7 Å². The molecule has 8 heteroatoms. The maximum atomic E-state index is 11.9. The number of benzene rings is 1. The molecule has 29 heavy (non-hydrogen) atoms. The Hall–Kier alpha value is -3.10. The molecule has 0 aliphatic carbocycles. The van der Waals surface area contributed by atoms with Crippen LogP contribution in [0.1, 0.15) is 19.5 Å². The predicted molar refractivity (Wildman–Crippen MR) is 111 cm³/mol. The summed E-state index contributed by atoms with van der Waals surface area (Å²) in [5.74, 6) is 0.595. The van der Waals surface area contributed by atoms with Gasteiger partial charge in [0.2, 0.25) is 0 Å². The van der Waals surface area contributed by atoms with Crippen molar-refractivity contribution in [1.82, 2.24) is 15.0 Å². The molecule has 0 saturated heterocycles. The quantitative estimate of drug-likeness (QED) is 0.523. The Kier molecular flexibility index (Phi) is 4.48. The minimum absolute atomic E-state index is 0.466. The van der Waals surface area contributed by atoms with Crippen molar-refractivity contribution in [3.63, 3.8) is 0 Å². The van der Waals surface area contributed by atoms with Gasteiger partial charge in [-0.3, -0.25) is 4.98 Å². The average Bonchev–Trinajstić information content (AvgIpc) is 3.11. The molecule has 4 aromatic rings. The zero-order chi connectivity index (χ0) is 20.8. The van der Waals surface area contributed by atoms with Gasteiger partial charge in [-0.2, -0.15) is 0 Å². The molecule has 0 fully saturated rings. The summed E-state index contributed by atoms with van der Waals surface area (Å²) < 4.78 is 25.6. The number of furan rings is 1. The SMILES string of the molecule is CC(C)(O)c1cc(-c2ncnc3cc(-c4ccc([S@@](C)(=N)=O)cc4)oc23)ccn1. The van der Waals surface area contributed by atoms with Gasteiger partial charge in [0, 0.05) is 34.5 Å². The fraction of sp³-hybridized carbons (Fsp3) is 0.190. The molecule has 0 saturated carbocycles. The third-order valence-electron chi connectivity index (χ3n) is 4.56. The first-order valence-corrected chi connectivity index (χ1v) is 10.9. The summed E-state index contributed by atoms with van der Waals surface area (Å²) in [6, 6.07) is 12.3. The van der Waals surface area contributed by atoms with Gasteiger partial charge < -0.3 is 9.52 Å². The van der Waals surface area contributed by atoms with Crippen LogP contribution in [0.4, 0.5) is 0 Å². The van der Waals surface area contributed by atoms with Crippen LogP contribution < -0.4 is 0 Å². The van der Waals surface area contributed by atoms with Crippen molar-refractivity contribution in [3.8, 4) is 22.6 Å². The standard InChI is InChI=1S/C21H20N4O3S/c1-21(2,26)18-10-14(8-9-23-18)19-20-16(24-12-25-19)11-17(28-20)13-4-6-15(7-5-13)29(3,22)27/h4-12,22,26H,1-3H3/t29-/m0/s1. The second-order valence-electron chi connectivity index (χ2n) is 7.40. The van der Waals surface area contributed by atoms with Crippen molar-refractivity contribution in [2.45, 2.75) is 24.3 Å². The minimum atomic E-state index is -2.76. The zero-order valence-electron chi connectivity index (χ0n) is 16.2. The lowest BCUT2D eigenvalue weighted by Gasteiger charge is -2.16. The van der Waals surface area contributed by atoms with Gasteiger partial charge in [0.25, 0.3) is 0 Å². The van der Waals surface area contributed by atoms with Gasteiger partial charge in [0.05, 0.1) is 15.4 Å². The molecule has 1 aromatic carbocycles. The molecule has 0 aliphatic heterocycles. The van der Waals surface area contributed by atoms with E-state index < -0.39 is 15.3 Å². The molecule has 0 bridgehead atoms. The first kappa shape index (κ1) is 19.2. The van der Waals surface area contributed by atoms with E-state index in [-0.39, 0.29) is 0 Å². The van der Waals surface area contributed by atoms with Gasteiger partial charge in [-0.15, -0.1) is 0 Å². The third-order valence-corrected chi connectivity index (χ3v) is 5.73. The first-order chi connectivity index (χ1) is 13.6. The number of aromatic nitrogens is 3. The van der Waals surface area contributed by atoms with E-state index in [9.17, 15) is 9.32 Å². The van der Waals surface area contributed by atoms with Gasteiger partial charge in [0.1, 0.15) is 28.9 Å². The van der Waals surface area contributed by atoms with Crippen LogP contribution >= 0.6 is 0 Å². The van der Waals surface area contributed by atoms with E-state index in [2.05, 4.69) is 15.0 Å². The number of nitrogens with one attached hydrogen (secondary N) is 1. The molecule has 148 valence electrons. The molecule has 7 nitrogen and oxygen atoms in total. The lowest BCUT2D eigenvalue weighted by molar-refractivity contribution is 0.0739. The summed E-state index contributed by atoms with van der Waals surface area (Å²) in [5.41, 5.74) is 2.79. The third kappa shape index (κ3) is 3.76. The smallest absolute Gasteiger partial charge is 0.179 e. The van der Waals surface area contributed by atoms with Gasteiger partial charge in [0.15, 0.2) is 5.58 Å². The first-order valence-electron chi connectivity index (χ1n) is 8.91. The molecular formula is C21H20N4O3S. The molecule has 3 aromatic heterocycles. The van der Waals surface area contributed by atoms with Crippen LogP contribution in [-0.4, -0.2) is 30.5 Å². The molecule has 0 aliphatic rings. The molecule has 0 spiro atoms. The summed E-state index contributed by atoms with van der Waals surface area (Å²) in [7, 11) is -2.76. The summed E-state index contributed by atoms with van der Waals surface area (Å²) >= 11 is 0. The highest BCUT2D eigenvalue weighted by Gasteiger charge is 2.20. The molecule has 1 atom stereocenters. The molecule has 2 N–H and O–H groups in total. The van der Waals surface area contributed by atoms with Crippen molar-refractivity contribution in [2.75, 3.05) is 6.26 Å². The summed E-state index contributed by atoms with van der Waals surface area (Å²) in [6.07, 6.45) is 4.49. The van der Waals surface area contributed by atoms with Crippen LogP contribution in [0.2, 0.25) is 0 Å². The van der Waals surface area contributed by atoms with Crippen LogP contribution in [0, 0.1) is 4.78 Å². The Balaban J connectivity index is 1.81. The monoisotopic (exact) mass is 408 g/mol. The second-order valence-corrected chi connectivity index (χ2v) is 9.56. The van der Waals surface area contributed by atoms with Gasteiger partial charge in [-0.1, -0.05) is 12.1 Å². The molecule has 0 unspecified atom stereocenters. The fourth-order valence-corrected chi connectivity index (χ4v) is 3.65. The van der Waals surface area contributed by atoms with E-state index in [0.717, 1.165) is 11.1 Å². The topological polar surface area (TPSA) is 113 Å². The number of fused-ring (bicyclic) bond motifs is 1. The van der Waals surface area contributed by atoms with E-state index in [1.807, 2.05) is 6.07 Å². The molecule has 4 rings (SSSR count). The van der Waals surface area contributed by atoms with Crippen LogP contribution in [0.3, 0.4) is 0 Å². The summed E-state index contributed by atoms with van der Waals surface area (Å²) in [5, 5.41) is 10.3. The number of hydrogen-bond acceptors (Lipinski definition) is 7. The summed E-state index contributed by atoms with van der Waals surface area (Å²) in [6.45, 7) is 3.35. The largest absolute Gasteiger partial charge is 0.452 e. The Morgan fingerprint density at radius 1 is 1.03 bits per heavy atom. The lowest BCUT2D eigenvalue weighted by Crippen LogP contribution is -2.17. The normalized spacial score (nSPS) is 14.1. The highest BCUT2D eigenvalue weighted by molar-refractivity contribution is 7.91. The molecule has 3 heterocycles. The minimum Gasteiger partial charge on any atom is -0.452 e. The van der Waals surface area contributed by atoms with E-state index in [4.69, 9.17) is 9.20 Å². The van der Waals surface area contributed by atoms with Crippen LogP contribution in [-0.2, 0) is 15.3 Å². The zero-order valence-corrected chi connectivity index (χ0v) is 17.0. The Labute approximate surface area is 168 Å². The summed E-state index contributed by atoms with van der Waals surface area (Å²) in [4.78, 5) is 13.4. The fourth-order valence-electron chi connectivity index (χ4n) is 2.99. The van der Waals surface area contributed by atoms with E-state index in [1.165, 1.54) is 12.6 Å². The van der Waals surface area contributed by atoms with E-state index in [0.29, 0.717) is 33.1 Å². The Bertz CT molecular complexity index is 1300. The van der Waals surface area contributed by atoms with Crippen molar-refractivity contribution in [2.24, 2.45) is 0 Å². The highest BCUT2D eigenvalue weighted by atomic mass is 32.2. The second kappa shape index (κ2) is 6.75. The van der Waals surface area contributed by atoms with Crippen LogP contribution in [0.15, 0.2) is 64.3 Å². The Morgan fingerprint density at radius 2 is 1.76 bits per heavy atom. The number of pyridine rings is 1. The van der Waals surface area contributed by atoms with Crippen LogP contribution in [0.5, 0.6) is 0 Å².